The van der Waals surface area contributed by atoms with Gasteiger partial charge in [0, 0.05) is 19.1 Å². The van der Waals surface area contributed by atoms with E-state index in [0.29, 0.717) is 24.8 Å². The molecule has 0 aromatic carbocycles. The quantitative estimate of drug-likeness (QED) is 0.834. The number of hydrogen-bond acceptors (Lipinski definition) is 3. The van der Waals surface area contributed by atoms with E-state index in [1.54, 1.807) is 4.31 Å². The fourth-order valence-corrected chi connectivity index (χ4v) is 4.13. The predicted octanol–water partition coefficient (Wildman–Crippen LogP) is 1.60. The van der Waals surface area contributed by atoms with Crippen LogP contribution in [0.1, 0.15) is 39.5 Å². The van der Waals surface area contributed by atoms with Crippen LogP contribution in [-0.2, 0) is 10.0 Å². The molecule has 0 amide bonds. The summed E-state index contributed by atoms with van der Waals surface area (Å²) < 4.78 is 25.8. The Kier molecular flexibility index (Phi) is 7.63. The molecule has 0 bridgehead atoms. The predicted molar refractivity (Wildman–Crippen MR) is 73.9 cm³/mol. The van der Waals surface area contributed by atoms with E-state index < -0.39 is 10.0 Å². The maximum atomic E-state index is 12.1. The molecular formula is C11H25ClN2O2S. The first-order chi connectivity index (χ1) is 7.49. The van der Waals surface area contributed by atoms with Gasteiger partial charge in [-0.1, -0.05) is 26.7 Å². The maximum absolute atomic E-state index is 12.1. The summed E-state index contributed by atoms with van der Waals surface area (Å²) in [5, 5.41) is 0. The number of hydrogen-bond donors (Lipinski definition) is 1. The minimum atomic E-state index is -3.05. The SMILES string of the molecule is CCC(CC)CS(=O)(=O)N1CCC(N)CC1.Cl. The van der Waals surface area contributed by atoms with Crippen LogP contribution in [0.4, 0.5) is 0 Å². The number of halogens is 1. The van der Waals surface area contributed by atoms with Crippen molar-refractivity contribution in [1.82, 2.24) is 4.31 Å². The van der Waals surface area contributed by atoms with Gasteiger partial charge in [0.15, 0.2) is 0 Å². The molecule has 4 nitrogen and oxygen atoms in total. The molecule has 1 fully saturated rings. The van der Waals surface area contributed by atoms with Crippen LogP contribution < -0.4 is 5.73 Å². The highest BCUT2D eigenvalue weighted by atomic mass is 35.5. The molecule has 0 atom stereocenters. The highest BCUT2D eigenvalue weighted by molar-refractivity contribution is 7.89. The molecule has 0 unspecified atom stereocenters. The summed E-state index contributed by atoms with van der Waals surface area (Å²) in [4.78, 5) is 0. The van der Waals surface area contributed by atoms with Gasteiger partial charge in [0.2, 0.25) is 10.0 Å². The second kappa shape index (κ2) is 7.56. The van der Waals surface area contributed by atoms with Gasteiger partial charge in [-0.3, -0.25) is 0 Å². The highest BCUT2D eigenvalue weighted by Crippen LogP contribution is 2.18. The van der Waals surface area contributed by atoms with Gasteiger partial charge in [-0.2, -0.15) is 0 Å². The molecule has 1 rings (SSSR count). The standard InChI is InChI=1S/C11H24N2O2S.ClH/c1-3-10(4-2)9-16(14,15)13-7-5-11(12)6-8-13;/h10-11H,3-9,12H2,1-2H3;1H. The van der Waals surface area contributed by atoms with E-state index in [1.165, 1.54) is 0 Å². The van der Waals surface area contributed by atoms with Gasteiger partial charge in [-0.25, -0.2) is 12.7 Å². The monoisotopic (exact) mass is 284 g/mol. The third kappa shape index (κ3) is 5.12. The number of nitrogens with two attached hydrogens (primary N) is 1. The Morgan fingerprint density at radius 2 is 1.71 bits per heavy atom. The zero-order valence-corrected chi connectivity index (χ0v) is 12.4. The van der Waals surface area contributed by atoms with Crippen molar-refractivity contribution < 1.29 is 8.42 Å². The molecule has 0 aromatic heterocycles. The van der Waals surface area contributed by atoms with E-state index in [0.717, 1.165) is 25.7 Å². The fraction of sp³-hybridized carbons (Fsp3) is 1.00. The minimum Gasteiger partial charge on any atom is -0.328 e. The van der Waals surface area contributed by atoms with Crippen LogP contribution >= 0.6 is 12.4 Å². The van der Waals surface area contributed by atoms with Gasteiger partial charge >= 0.3 is 0 Å². The van der Waals surface area contributed by atoms with E-state index in [2.05, 4.69) is 13.8 Å². The van der Waals surface area contributed by atoms with Crippen LogP contribution in [0.2, 0.25) is 0 Å². The average Bonchev–Trinajstić information content (AvgIpc) is 2.26. The Bertz CT molecular complexity index is 297. The number of piperidine rings is 1. The Labute approximate surface area is 111 Å². The molecule has 1 heterocycles. The van der Waals surface area contributed by atoms with E-state index in [-0.39, 0.29) is 18.4 Å². The topological polar surface area (TPSA) is 63.4 Å². The normalized spacial score (nSPS) is 19.3. The highest BCUT2D eigenvalue weighted by Gasteiger charge is 2.28. The molecule has 6 heteroatoms. The Balaban J connectivity index is 0.00000256. The first-order valence-electron chi connectivity index (χ1n) is 6.23. The van der Waals surface area contributed by atoms with Crippen molar-refractivity contribution in [2.45, 2.75) is 45.6 Å². The van der Waals surface area contributed by atoms with Crippen LogP contribution in [0, 0.1) is 5.92 Å². The molecule has 0 aliphatic carbocycles. The second-order valence-electron chi connectivity index (χ2n) is 4.70. The molecule has 17 heavy (non-hydrogen) atoms. The second-order valence-corrected chi connectivity index (χ2v) is 6.71. The summed E-state index contributed by atoms with van der Waals surface area (Å²) in [7, 11) is -3.05. The molecule has 1 aliphatic heterocycles. The number of sulfonamides is 1. The van der Waals surface area contributed by atoms with Crippen LogP contribution in [0.3, 0.4) is 0 Å². The zero-order chi connectivity index (χ0) is 12.2. The largest absolute Gasteiger partial charge is 0.328 e. The Hall–Kier alpha value is 0.160. The molecular weight excluding hydrogens is 260 g/mol. The van der Waals surface area contributed by atoms with Crippen LogP contribution in [0.15, 0.2) is 0 Å². The molecule has 0 aromatic rings. The lowest BCUT2D eigenvalue weighted by Gasteiger charge is -2.30. The molecule has 1 saturated heterocycles. The van der Waals surface area contributed by atoms with Gasteiger partial charge in [-0.15, -0.1) is 12.4 Å². The van der Waals surface area contributed by atoms with Gasteiger partial charge in [0.1, 0.15) is 0 Å². The molecule has 104 valence electrons. The summed E-state index contributed by atoms with van der Waals surface area (Å²) in [5.74, 6) is 0.593. The van der Waals surface area contributed by atoms with Crippen LogP contribution in [0.25, 0.3) is 0 Å². The summed E-state index contributed by atoms with van der Waals surface area (Å²) in [6.45, 7) is 5.30. The number of nitrogens with zero attached hydrogens (tertiary/aromatic N) is 1. The van der Waals surface area contributed by atoms with E-state index in [1.807, 2.05) is 0 Å². The first kappa shape index (κ1) is 17.2. The molecule has 2 N–H and O–H groups in total. The third-order valence-corrected chi connectivity index (χ3v) is 5.54. The van der Waals surface area contributed by atoms with Gasteiger partial charge in [0.25, 0.3) is 0 Å². The van der Waals surface area contributed by atoms with Crippen molar-refractivity contribution in [3.05, 3.63) is 0 Å². The minimum absolute atomic E-state index is 0. The lowest BCUT2D eigenvalue weighted by atomic mass is 10.1. The maximum Gasteiger partial charge on any atom is 0.214 e. The Morgan fingerprint density at radius 1 is 1.24 bits per heavy atom. The Morgan fingerprint density at radius 3 is 2.12 bits per heavy atom. The smallest absolute Gasteiger partial charge is 0.214 e. The van der Waals surface area contributed by atoms with Crippen molar-refractivity contribution in [2.75, 3.05) is 18.8 Å². The molecule has 0 saturated carbocycles. The van der Waals surface area contributed by atoms with E-state index in [4.69, 9.17) is 5.73 Å². The van der Waals surface area contributed by atoms with Gasteiger partial charge in [-0.05, 0) is 18.8 Å². The van der Waals surface area contributed by atoms with E-state index >= 15 is 0 Å². The zero-order valence-electron chi connectivity index (χ0n) is 10.8. The van der Waals surface area contributed by atoms with Crippen LogP contribution in [0.5, 0.6) is 0 Å². The third-order valence-electron chi connectivity index (χ3n) is 3.49. The lowest BCUT2D eigenvalue weighted by Crippen LogP contribution is -2.44. The molecule has 0 spiro atoms. The van der Waals surface area contributed by atoms with Gasteiger partial charge < -0.3 is 5.73 Å². The number of rotatable bonds is 5. The van der Waals surface area contributed by atoms with Crippen molar-refractivity contribution in [1.29, 1.82) is 0 Å². The van der Waals surface area contributed by atoms with Crippen molar-refractivity contribution in [3.8, 4) is 0 Å². The van der Waals surface area contributed by atoms with Crippen molar-refractivity contribution in [3.63, 3.8) is 0 Å². The van der Waals surface area contributed by atoms with Crippen LogP contribution in [-0.4, -0.2) is 37.6 Å². The average molecular weight is 285 g/mol. The fourth-order valence-electron chi connectivity index (χ4n) is 2.08. The summed E-state index contributed by atoms with van der Waals surface area (Å²) >= 11 is 0. The summed E-state index contributed by atoms with van der Waals surface area (Å²) in [5.41, 5.74) is 5.77. The molecule has 0 radical (unpaired) electrons. The van der Waals surface area contributed by atoms with E-state index in [9.17, 15) is 8.42 Å². The summed E-state index contributed by atoms with van der Waals surface area (Å²) in [6, 6.07) is 0.180. The van der Waals surface area contributed by atoms with Crippen molar-refractivity contribution in [2.24, 2.45) is 11.7 Å². The molecule has 1 aliphatic rings. The van der Waals surface area contributed by atoms with Gasteiger partial charge in [0.05, 0.1) is 5.75 Å². The first-order valence-corrected chi connectivity index (χ1v) is 7.83. The van der Waals surface area contributed by atoms with Crippen molar-refractivity contribution >= 4 is 22.4 Å². The summed E-state index contributed by atoms with van der Waals surface area (Å²) in [6.07, 6.45) is 3.45. The lowest BCUT2D eigenvalue weighted by molar-refractivity contribution is 0.317.